The van der Waals surface area contributed by atoms with E-state index in [0.717, 1.165) is 0 Å². The topological polar surface area (TPSA) is 57.6 Å². The van der Waals surface area contributed by atoms with Crippen LogP contribution in [0.15, 0.2) is 54.6 Å². The molecule has 0 aliphatic rings. The lowest BCUT2D eigenvalue weighted by atomic mass is 9.92. The predicted molar refractivity (Wildman–Crippen MR) is 89.9 cm³/mol. The quantitative estimate of drug-likeness (QED) is 0.799. The molecule has 0 amide bonds. The van der Waals surface area contributed by atoms with Gasteiger partial charge in [0.1, 0.15) is 0 Å². The molecule has 4 heteroatoms. The third-order valence-electron chi connectivity index (χ3n) is 3.75. The van der Waals surface area contributed by atoms with Crippen molar-refractivity contribution < 1.29 is 14.7 Å². The Balaban J connectivity index is 2.27. The van der Waals surface area contributed by atoms with Gasteiger partial charge in [0, 0.05) is 11.1 Å². The van der Waals surface area contributed by atoms with Gasteiger partial charge in [-0.05, 0) is 38.7 Å². The minimum absolute atomic E-state index is 0.0933. The molecule has 0 aliphatic carbocycles. The number of carboxylic acids is 1. The summed E-state index contributed by atoms with van der Waals surface area (Å²) in [5, 5.41) is 9.48. The zero-order valence-electron chi connectivity index (χ0n) is 13.4. The number of nitrogens with zero attached hydrogens (tertiary/aromatic N) is 1. The smallest absolute Gasteiger partial charge is 0.311 e. The molecule has 0 heterocycles. The Bertz CT molecular complexity index is 680. The van der Waals surface area contributed by atoms with Crippen molar-refractivity contribution in [2.24, 2.45) is 0 Å². The van der Waals surface area contributed by atoms with Gasteiger partial charge < -0.3 is 10.0 Å². The van der Waals surface area contributed by atoms with Crippen molar-refractivity contribution in [3.63, 3.8) is 0 Å². The van der Waals surface area contributed by atoms with Crippen molar-refractivity contribution in [1.29, 1.82) is 0 Å². The van der Waals surface area contributed by atoms with Crippen LogP contribution in [0.5, 0.6) is 0 Å². The van der Waals surface area contributed by atoms with E-state index in [4.69, 9.17) is 0 Å². The number of rotatable bonds is 7. The standard InChI is InChI=1S/C19H21NO3/c1-20(2)12-11-17(19(22)23)15-9-6-10-16(13-15)18(21)14-7-4-3-5-8-14/h3-10,13,17H,11-12H2,1-2H3,(H,22,23). The summed E-state index contributed by atoms with van der Waals surface area (Å²) >= 11 is 0. The molecule has 23 heavy (non-hydrogen) atoms. The van der Waals surface area contributed by atoms with E-state index in [1.54, 1.807) is 36.4 Å². The van der Waals surface area contributed by atoms with Gasteiger partial charge in [-0.25, -0.2) is 0 Å². The second kappa shape index (κ2) is 7.70. The van der Waals surface area contributed by atoms with Gasteiger partial charge in [-0.1, -0.05) is 48.5 Å². The lowest BCUT2D eigenvalue weighted by Gasteiger charge is -2.16. The van der Waals surface area contributed by atoms with Crippen molar-refractivity contribution >= 4 is 11.8 Å². The van der Waals surface area contributed by atoms with Gasteiger partial charge in [-0.2, -0.15) is 0 Å². The highest BCUT2D eigenvalue weighted by Gasteiger charge is 2.21. The van der Waals surface area contributed by atoms with E-state index >= 15 is 0 Å². The van der Waals surface area contributed by atoms with E-state index < -0.39 is 11.9 Å². The monoisotopic (exact) mass is 311 g/mol. The van der Waals surface area contributed by atoms with E-state index in [1.807, 2.05) is 37.2 Å². The molecule has 4 nitrogen and oxygen atoms in total. The number of hydrogen-bond donors (Lipinski definition) is 1. The summed E-state index contributed by atoms with van der Waals surface area (Å²) in [5.74, 6) is -1.57. The fraction of sp³-hybridized carbons (Fsp3) is 0.263. The molecule has 0 fully saturated rings. The Labute approximate surface area is 136 Å². The highest BCUT2D eigenvalue weighted by atomic mass is 16.4. The summed E-state index contributed by atoms with van der Waals surface area (Å²) in [6, 6.07) is 15.9. The van der Waals surface area contributed by atoms with Gasteiger partial charge in [0.05, 0.1) is 5.92 Å². The van der Waals surface area contributed by atoms with E-state index in [0.29, 0.717) is 29.7 Å². The Morgan fingerprint density at radius 1 is 1.00 bits per heavy atom. The first-order valence-corrected chi connectivity index (χ1v) is 7.56. The number of carbonyl (C=O) groups is 2. The van der Waals surface area contributed by atoms with Crippen molar-refractivity contribution in [1.82, 2.24) is 4.90 Å². The summed E-state index contributed by atoms with van der Waals surface area (Å²) in [6.45, 7) is 0.674. The summed E-state index contributed by atoms with van der Waals surface area (Å²) < 4.78 is 0. The highest BCUT2D eigenvalue weighted by Crippen LogP contribution is 2.22. The van der Waals surface area contributed by atoms with Crippen LogP contribution in [-0.2, 0) is 4.79 Å². The number of hydrogen-bond acceptors (Lipinski definition) is 3. The molecule has 0 saturated heterocycles. The first-order valence-electron chi connectivity index (χ1n) is 7.56. The third-order valence-corrected chi connectivity index (χ3v) is 3.75. The molecular weight excluding hydrogens is 290 g/mol. The van der Waals surface area contributed by atoms with Crippen LogP contribution in [0.25, 0.3) is 0 Å². The van der Waals surface area contributed by atoms with Crippen LogP contribution in [0, 0.1) is 0 Å². The van der Waals surface area contributed by atoms with Gasteiger partial charge >= 0.3 is 5.97 Å². The van der Waals surface area contributed by atoms with E-state index in [9.17, 15) is 14.7 Å². The number of ketones is 1. The molecule has 0 aliphatic heterocycles. The zero-order valence-corrected chi connectivity index (χ0v) is 13.4. The minimum Gasteiger partial charge on any atom is -0.481 e. The fourth-order valence-electron chi connectivity index (χ4n) is 2.47. The normalized spacial score (nSPS) is 12.1. The average molecular weight is 311 g/mol. The second-order valence-electron chi connectivity index (χ2n) is 5.80. The van der Waals surface area contributed by atoms with E-state index in [1.165, 1.54) is 0 Å². The first-order chi connectivity index (χ1) is 11.0. The van der Waals surface area contributed by atoms with E-state index in [2.05, 4.69) is 0 Å². The molecule has 0 bridgehead atoms. The van der Waals surface area contributed by atoms with Gasteiger partial charge in [0.15, 0.2) is 5.78 Å². The van der Waals surface area contributed by atoms with Crippen LogP contribution in [0.3, 0.4) is 0 Å². The van der Waals surface area contributed by atoms with Crippen LogP contribution < -0.4 is 0 Å². The van der Waals surface area contributed by atoms with Crippen molar-refractivity contribution in [2.45, 2.75) is 12.3 Å². The molecule has 2 aromatic carbocycles. The predicted octanol–water partition coefficient (Wildman–Crippen LogP) is 3.04. The Morgan fingerprint density at radius 3 is 2.26 bits per heavy atom. The molecule has 2 aromatic rings. The van der Waals surface area contributed by atoms with Crippen molar-refractivity contribution in [3.05, 3.63) is 71.3 Å². The van der Waals surface area contributed by atoms with Crippen LogP contribution in [0.2, 0.25) is 0 Å². The first kappa shape index (κ1) is 16.9. The molecule has 0 saturated carbocycles. The van der Waals surface area contributed by atoms with Crippen LogP contribution in [0.1, 0.15) is 33.8 Å². The Hall–Kier alpha value is -2.46. The fourth-order valence-corrected chi connectivity index (χ4v) is 2.47. The largest absolute Gasteiger partial charge is 0.481 e. The Morgan fingerprint density at radius 2 is 1.65 bits per heavy atom. The highest BCUT2D eigenvalue weighted by molar-refractivity contribution is 6.09. The summed E-state index contributed by atoms with van der Waals surface area (Å²) in [7, 11) is 3.82. The molecule has 0 spiro atoms. The summed E-state index contributed by atoms with van der Waals surface area (Å²) in [4.78, 5) is 26.0. The van der Waals surface area contributed by atoms with Gasteiger partial charge in [-0.3, -0.25) is 9.59 Å². The lowest BCUT2D eigenvalue weighted by molar-refractivity contribution is -0.139. The summed E-state index contributed by atoms with van der Waals surface area (Å²) in [5.41, 5.74) is 1.79. The molecule has 0 aromatic heterocycles. The molecule has 0 radical (unpaired) electrons. The summed E-state index contributed by atoms with van der Waals surface area (Å²) in [6.07, 6.45) is 0.505. The second-order valence-corrected chi connectivity index (χ2v) is 5.80. The number of benzene rings is 2. The van der Waals surface area contributed by atoms with Gasteiger partial charge in [0.2, 0.25) is 0 Å². The number of carbonyl (C=O) groups excluding carboxylic acids is 1. The molecular formula is C19H21NO3. The van der Waals surface area contributed by atoms with Crippen LogP contribution in [-0.4, -0.2) is 42.4 Å². The molecule has 2 rings (SSSR count). The minimum atomic E-state index is -0.865. The molecule has 1 N–H and O–H groups in total. The van der Waals surface area contributed by atoms with Crippen molar-refractivity contribution in [2.75, 3.05) is 20.6 Å². The molecule has 1 atom stereocenters. The maximum Gasteiger partial charge on any atom is 0.311 e. The third kappa shape index (κ3) is 4.50. The maximum absolute atomic E-state index is 12.5. The van der Waals surface area contributed by atoms with Crippen LogP contribution >= 0.6 is 0 Å². The SMILES string of the molecule is CN(C)CCC(C(=O)O)c1cccc(C(=O)c2ccccc2)c1. The van der Waals surface area contributed by atoms with Gasteiger partial charge in [0.25, 0.3) is 0 Å². The molecule has 1 unspecified atom stereocenters. The Kier molecular flexibility index (Phi) is 5.66. The number of carboxylic acid groups (broad SMARTS) is 1. The van der Waals surface area contributed by atoms with Crippen LogP contribution in [0.4, 0.5) is 0 Å². The maximum atomic E-state index is 12.5. The van der Waals surface area contributed by atoms with E-state index in [-0.39, 0.29) is 5.78 Å². The lowest BCUT2D eigenvalue weighted by Crippen LogP contribution is -2.20. The average Bonchev–Trinajstić information content (AvgIpc) is 2.55. The zero-order chi connectivity index (χ0) is 16.8. The van der Waals surface area contributed by atoms with Crippen molar-refractivity contribution in [3.8, 4) is 0 Å². The van der Waals surface area contributed by atoms with Gasteiger partial charge in [-0.15, -0.1) is 0 Å². The number of aliphatic carboxylic acids is 1. The molecule has 120 valence electrons.